The Balaban J connectivity index is 1.38. The lowest BCUT2D eigenvalue weighted by molar-refractivity contribution is 0.0949. The largest absolute Gasteiger partial charge is 0.472 e. The third-order valence-corrected chi connectivity index (χ3v) is 5.56. The Hall–Kier alpha value is -2.96. The van der Waals surface area contributed by atoms with Crippen LogP contribution >= 0.6 is 0 Å². The van der Waals surface area contributed by atoms with E-state index in [0.29, 0.717) is 11.4 Å². The number of rotatable bonds is 7. The van der Waals surface area contributed by atoms with Gasteiger partial charge < -0.3 is 4.42 Å². The Labute approximate surface area is 177 Å². The molecule has 1 fully saturated rings. The van der Waals surface area contributed by atoms with E-state index < -0.39 is 0 Å². The third-order valence-electron chi connectivity index (χ3n) is 5.56. The summed E-state index contributed by atoms with van der Waals surface area (Å²) in [5, 5.41) is 0. The fourth-order valence-corrected chi connectivity index (χ4v) is 3.98. The van der Waals surface area contributed by atoms with E-state index in [9.17, 15) is 4.79 Å². The van der Waals surface area contributed by atoms with E-state index in [4.69, 9.17) is 4.42 Å². The van der Waals surface area contributed by atoms with Crippen molar-refractivity contribution in [1.82, 2.24) is 14.8 Å². The molecule has 0 bridgehead atoms. The molecule has 1 saturated heterocycles. The highest BCUT2D eigenvalue weighted by Gasteiger charge is 2.27. The average molecular weight is 405 g/mol. The molecule has 1 atom stereocenters. The zero-order valence-electron chi connectivity index (χ0n) is 17.4. The maximum atomic E-state index is 13.1. The Morgan fingerprint density at radius 3 is 2.43 bits per heavy atom. The van der Waals surface area contributed by atoms with Gasteiger partial charge in [0.25, 0.3) is 5.91 Å². The molecule has 0 radical (unpaired) electrons. The van der Waals surface area contributed by atoms with Gasteiger partial charge in [-0.25, -0.2) is 4.98 Å². The van der Waals surface area contributed by atoms with Crippen molar-refractivity contribution in [2.45, 2.75) is 19.5 Å². The molecular formula is C24H28N4O2. The first kappa shape index (κ1) is 20.3. The Bertz CT molecular complexity index is 907. The number of amides is 1. The van der Waals surface area contributed by atoms with Crippen LogP contribution in [0.15, 0.2) is 77.7 Å². The van der Waals surface area contributed by atoms with Crippen LogP contribution in [0.5, 0.6) is 0 Å². The van der Waals surface area contributed by atoms with E-state index in [1.807, 2.05) is 18.2 Å². The van der Waals surface area contributed by atoms with E-state index in [0.717, 1.165) is 39.3 Å². The molecule has 1 unspecified atom stereocenters. The van der Waals surface area contributed by atoms with Gasteiger partial charge in [0.2, 0.25) is 0 Å². The minimum atomic E-state index is -0.0855. The second kappa shape index (κ2) is 9.69. The van der Waals surface area contributed by atoms with Crippen molar-refractivity contribution < 1.29 is 9.21 Å². The van der Waals surface area contributed by atoms with Crippen LogP contribution in [0.3, 0.4) is 0 Å². The summed E-state index contributed by atoms with van der Waals surface area (Å²) >= 11 is 0. The summed E-state index contributed by atoms with van der Waals surface area (Å²) in [6.07, 6.45) is 4.74. The van der Waals surface area contributed by atoms with Crippen LogP contribution in [-0.4, -0.2) is 59.5 Å². The minimum Gasteiger partial charge on any atom is -0.472 e. The Kier molecular flexibility index (Phi) is 6.57. The first-order valence-electron chi connectivity index (χ1n) is 10.5. The fraction of sp³-hybridized carbons (Fsp3) is 0.333. The van der Waals surface area contributed by atoms with Gasteiger partial charge in [0.05, 0.1) is 11.8 Å². The molecule has 3 heterocycles. The van der Waals surface area contributed by atoms with Crippen LogP contribution in [-0.2, 0) is 6.54 Å². The lowest BCUT2D eigenvalue weighted by Gasteiger charge is -2.38. The number of piperazine rings is 1. The Morgan fingerprint density at radius 1 is 1.03 bits per heavy atom. The summed E-state index contributed by atoms with van der Waals surface area (Å²) in [5.41, 5.74) is 1.89. The van der Waals surface area contributed by atoms with Crippen LogP contribution in [0.4, 0.5) is 5.82 Å². The number of nitrogens with zero attached hydrogens (tertiary/aromatic N) is 4. The van der Waals surface area contributed by atoms with Crippen molar-refractivity contribution in [2.24, 2.45) is 0 Å². The molecule has 6 heteroatoms. The fourth-order valence-electron chi connectivity index (χ4n) is 3.98. The number of carbonyl (C=O) groups excluding carboxylic acids is 1. The Morgan fingerprint density at radius 2 is 1.77 bits per heavy atom. The molecule has 0 N–H and O–H groups in total. The van der Waals surface area contributed by atoms with Crippen molar-refractivity contribution in [3.05, 3.63) is 84.4 Å². The van der Waals surface area contributed by atoms with Crippen molar-refractivity contribution in [2.75, 3.05) is 37.6 Å². The lowest BCUT2D eigenvalue weighted by Crippen LogP contribution is -2.51. The van der Waals surface area contributed by atoms with E-state index in [-0.39, 0.29) is 11.9 Å². The summed E-state index contributed by atoms with van der Waals surface area (Å²) in [7, 11) is 0. The number of carbonyl (C=O) groups is 1. The van der Waals surface area contributed by atoms with E-state index in [1.165, 1.54) is 18.1 Å². The second-order valence-electron chi connectivity index (χ2n) is 7.79. The van der Waals surface area contributed by atoms with E-state index in [1.54, 1.807) is 17.2 Å². The van der Waals surface area contributed by atoms with Crippen LogP contribution < -0.4 is 4.90 Å². The topological polar surface area (TPSA) is 52.8 Å². The van der Waals surface area contributed by atoms with Gasteiger partial charge in [0.1, 0.15) is 12.1 Å². The molecular weight excluding hydrogens is 376 g/mol. The van der Waals surface area contributed by atoms with E-state index >= 15 is 0 Å². The first-order chi connectivity index (χ1) is 14.7. The van der Waals surface area contributed by atoms with Crippen LogP contribution in [0, 0.1) is 0 Å². The van der Waals surface area contributed by atoms with Gasteiger partial charge in [-0.1, -0.05) is 36.4 Å². The van der Waals surface area contributed by atoms with E-state index in [2.05, 4.69) is 52.0 Å². The van der Waals surface area contributed by atoms with Crippen molar-refractivity contribution >= 4 is 11.7 Å². The summed E-state index contributed by atoms with van der Waals surface area (Å²) in [6.45, 7) is 7.92. The number of hydrogen-bond donors (Lipinski definition) is 0. The molecule has 0 saturated carbocycles. The molecule has 3 aromatic rings. The monoisotopic (exact) mass is 404 g/mol. The molecule has 1 aliphatic rings. The maximum absolute atomic E-state index is 13.1. The molecule has 30 heavy (non-hydrogen) atoms. The quantitative estimate of drug-likeness (QED) is 0.603. The minimum absolute atomic E-state index is 0.0111. The second-order valence-corrected chi connectivity index (χ2v) is 7.79. The van der Waals surface area contributed by atoms with Gasteiger partial charge in [0, 0.05) is 51.5 Å². The summed E-state index contributed by atoms with van der Waals surface area (Å²) in [4.78, 5) is 24.3. The number of furan rings is 1. The number of aromatic nitrogens is 1. The van der Waals surface area contributed by atoms with Crippen LogP contribution in [0.25, 0.3) is 0 Å². The van der Waals surface area contributed by atoms with Gasteiger partial charge >= 0.3 is 0 Å². The molecule has 1 amide bonds. The standard InChI is InChI=1S/C24H28N4O2/c1-20(17-26-12-14-27(15-13-26)18-21-7-3-2-4-8-21)28(23-9-5-6-11-25-23)24(29)22-10-16-30-19-22/h2-11,16,19-20H,12-15,17-18H2,1H3. The number of pyridine rings is 1. The van der Waals surface area contributed by atoms with Gasteiger partial charge in [-0.15, -0.1) is 0 Å². The SMILES string of the molecule is CC(CN1CCN(Cc2ccccc2)CC1)N(C(=O)c1ccoc1)c1ccccn1. The highest BCUT2D eigenvalue weighted by molar-refractivity contribution is 6.05. The van der Waals surface area contributed by atoms with Gasteiger partial charge in [0.15, 0.2) is 0 Å². The van der Waals surface area contributed by atoms with Crippen molar-refractivity contribution in [3.8, 4) is 0 Å². The molecule has 1 aromatic carbocycles. The summed E-state index contributed by atoms with van der Waals surface area (Å²) in [5.74, 6) is 0.580. The third kappa shape index (κ3) is 4.96. The lowest BCUT2D eigenvalue weighted by atomic mass is 10.1. The molecule has 6 nitrogen and oxygen atoms in total. The van der Waals surface area contributed by atoms with Crippen LogP contribution in [0.2, 0.25) is 0 Å². The maximum Gasteiger partial charge on any atom is 0.262 e. The molecule has 1 aliphatic heterocycles. The van der Waals surface area contributed by atoms with Gasteiger partial charge in [-0.3, -0.25) is 19.5 Å². The number of benzene rings is 1. The zero-order chi connectivity index (χ0) is 20.8. The highest BCUT2D eigenvalue weighted by Crippen LogP contribution is 2.19. The zero-order valence-corrected chi connectivity index (χ0v) is 17.4. The highest BCUT2D eigenvalue weighted by atomic mass is 16.3. The number of hydrogen-bond acceptors (Lipinski definition) is 5. The summed E-state index contributed by atoms with van der Waals surface area (Å²) in [6, 6.07) is 17.9. The van der Waals surface area contributed by atoms with Gasteiger partial charge in [-0.2, -0.15) is 0 Å². The first-order valence-corrected chi connectivity index (χ1v) is 10.5. The van der Waals surface area contributed by atoms with Gasteiger partial charge in [-0.05, 0) is 30.7 Å². The molecule has 4 rings (SSSR count). The molecule has 156 valence electrons. The average Bonchev–Trinajstić information content (AvgIpc) is 3.32. The smallest absolute Gasteiger partial charge is 0.262 e. The number of anilines is 1. The normalized spacial score (nSPS) is 16.3. The summed E-state index contributed by atoms with van der Waals surface area (Å²) < 4.78 is 5.13. The predicted octanol–water partition coefficient (Wildman–Crippen LogP) is 3.53. The predicted molar refractivity (Wildman–Crippen MR) is 117 cm³/mol. The molecule has 2 aromatic heterocycles. The van der Waals surface area contributed by atoms with Crippen molar-refractivity contribution in [3.63, 3.8) is 0 Å². The molecule has 0 aliphatic carbocycles. The van der Waals surface area contributed by atoms with Crippen LogP contribution in [0.1, 0.15) is 22.8 Å². The van der Waals surface area contributed by atoms with Crippen molar-refractivity contribution in [1.29, 1.82) is 0 Å². The molecule has 0 spiro atoms.